The molecule has 0 fully saturated rings. The van der Waals surface area contributed by atoms with Gasteiger partial charge in [0, 0.05) is 13.6 Å². The predicted molar refractivity (Wildman–Crippen MR) is 84.7 cm³/mol. The zero-order valence-corrected chi connectivity index (χ0v) is 13.2. The van der Waals surface area contributed by atoms with Crippen LogP contribution in [0.3, 0.4) is 0 Å². The zero-order chi connectivity index (χ0) is 15.0. The van der Waals surface area contributed by atoms with Crippen molar-refractivity contribution < 1.29 is 4.79 Å². The van der Waals surface area contributed by atoms with Crippen molar-refractivity contribution in [2.24, 2.45) is 5.92 Å². The van der Waals surface area contributed by atoms with Gasteiger partial charge in [-0.3, -0.25) is 4.79 Å². The fourth-order valence-corrected chi connectivity index (χ4v) is 2.17. The van der Waals surface area contributed by atoms with E-state index in [1.165, 1.54) is 5.56 Å². The number of hydrogen-bond acceptors (Lipinski definition) is 2. The molecule has 0 aliphatic heterocycles. The number of nitrogens with one attached hydrogen (secondary N) is 1. The Bertz CT molecular complexity index is 389. The first-order valence-electron chi connectivity index (χ1n) is 7.56. The topological polar surface area (TPSA) is 32.3 Å². The Labute approximate surface area is 123 Å². The molecule has 0 aliphatic carbocycles. The Hall–Kier alpha value is -1.35. The highest BCUT2D eigenvalue weighted by Gasteiger charge is 2.21. The molecular weight excluding hydrogens is 248 g/mol. The van der Waals surface area contributed by atoms with Crippen LogP contribution in [-0.4, -0.2) is 37.0 Å². The van der Waals surface area contributed by atoms with Gasteiger partial charge in [-0.15, -0.1) is 0 Å². The molecule has 1 rings (SSSR count). The molecule has 1 atom stereocenters. The summed E-state index contributed by atoms with van der Waals surface area (Å²) in [5, 5.41) is 3.31. The standard InChI is InChI=1S/C17H28N2O/c1-5-18-16(13-15-9-7-6-8-10-15)17(20)19(4)12-11-14(2)3/h6-10,14,16,18H,5,11-13H2,1-4H3. The molecule has 0 bridgehead atoms. The lowest BCUT2D eigenvalue weighted by Crippen LogP contribution is -2.46. The Morgan fingerprint density at radius 1 is 1.25 bits per heavy atom. The van der Waals surface area contributed by atoms with E-state index in [0.29, 0.717) is 5.92 Å². The van der Waals surface area contributed by atoms with Crippen molar-refractivity contribution in [1.82, 2.24) is 10.2 Å². The Kier molecular flexibility index (Phi) is 7.31. The second-order valence-electron chi connectivity index (χ2n) is 5.74. The second kappa shape index (κ2) is 8.75. The van der Waals surface area contributed by atoms with Crippen LogP contribution in [0.15, 0.2) is 30.3 Å². The van der Waals surface area contributed by atoms with Gasteiger partial charge in [0.15, 0.2) is 0 Å². The number of benzene rings is 1. The summed E-state index contributed by atoms with van der Waals surface area (Å²) in [7, 11) is 1.90. The fourth-order valence-electron chi connectivity index (χ4n) is 2.17. The zero-order valence-electron chi connectivity index (χ0n) is 13.2. The Morgan fingerprint density at radius 2 is 1.90 bits per heavy atom. The minimum atomic E-state index is -0.125. The second-order valence-corrected chi connectivity index (χ2v) is 5.74. The molecule has 20 heavy (non-hydrogen) atoms. The van der Waals surface area contributed by atoms with Gasteiger partial charge in [-0.1, -0.05) is 51.1 Å². The van der Waals surface area contributed by atoms with Crippen LogP contribution in [0.1, 0.15) is 32.8 Å². The van der Waals surface area contributed by atoms with E-state index in [9.17, 15) is 4.79 Å². The molecule has 0 heterocycles. The number of amides is 1. The number of likely N-dealkylation sites (N-methyl/N-ethyl adjacent to an activating group) is 2. The lowest BCUT2D eigenvalue weighted by molar-refractivity contribution is -0.132. The van der Waals surface area contributed by atoms with Crippen LogP contribution in [0, 0.1) is 5.92 Å². The molecule has 0 saturated heterocycles. The van der Waals surface area contributed by atoms with Gasteiger partial charge < -0.3 is 10.2 Å². The quantitative estimate of drug-likeness (QED) is 0.792. The summed E-state index contributed by atoms with van der Waals surface area (Å²) in [4.78, 5) is 14.4. The number of carbonyl (C=O) groups is 1. The molecule has 1 N–H and O–H groups in total. The molecule has 1 unspecified atom stereocenters. The normalized spacial score (nSPS) is 12.4. The van der Waals surface area contributed by atoms with Crippen LogP contribution in [0.4, 0.5) is 0 Å². The van der Waals surface area contributed by atoms with Gasteiger partial charge in [0.1, 0.15) is 0 Å². The predicted octanol–water partition coefficient (Wildman–Crippen LogP) is 2.71. The van der Waals surface area contributed by atoms with E-state index in [4.69, 9.17) is 0 Å². The third kappa shape index (κ3) is 5.74. The molecular formula is C17H28N2O. The van der Waals surface area contributed by atoms with Crippen molar-refractivity contribution in [2.45, 2.75) is 39.7 Å². The number of hydrogen-bond donors (Lipinski definition) is 1. The summed E-state index contributed by atoms with van der Waals surface area (Å²) in [6.07, 6.45) is 1.80. The van der Waals surface area contributed by atoms with Crippen molar-refractivity contribution >= 4 is 5.91 Å². The molecule has 0 radical (unpaired) electrons. The van der Waals surface area contributed by atoms with Crippen LogP contribution < -0.4 is 5.32 Å². The molecule has 1 amide bonds. The van der Waals surface area contributed by atoms with Crippen LogP contribution in [0.5, 0.6) is 0 Å². The highest BCUT2D eigenvalue weighted by Crippen LogP contribution is 2.07. The summed E-state index contributed by atoms with van der Waals surface area (Å²) in [6.45, 7) is 8.04. The minimum Gasteiger partial charge on any atom is -0.344 e. The monoisotopic (exact) mass is 276 g/mol. The third-order valence-corrected chi connectivity index (χ3v) is 3.45. The third-order valence-electron chi connectivity index (χ3n) is 3.45. The first-order chi connectivity index (χ1) is 9.54. The fraction of sp³-hybridized carbons (Fsp3) is 0.588. The van der Waals surface area contributed by atoms with E-state index in [1.54, 1.807) is 0 Å². The van der Waals surface area contributed by atoms with Crippen molar-refractivity contribution in [2.75, 3.05) is 20.1 Å². The maximum atomic E-state index is 12.5. The maximum Gasteiger partial charge on any atom is 0.239 e. The summed E-state index contributed by atoms with van der Waals surface area (Å²) >= 11 is 0. The number of carbonyl (C=O) groups excluding carboxylic acids is 1. The largest absolute Gasteiger partial charge is 0.344 e. The summed E-state index contributed by atoms with van der Waals surface area (Å²) < 4.78 is 0. The van der Waals surface area contributed by atoms with Crippen molar-refractivity contribution in [1.29, 1.82) is 0 Å². The number of nitrogens with zero attached hydrogens (tertiary/aromatic N) is 1. The van der Waals surface area contributed by atoms with Gasteiger partial charge >= 0.3 is 0 Å². The molecule has 0 aromatic heterocycles. The van der Waals surface area contributed by atoms with Gasteiger partial charge in [0.05, 0.1) is 6.04 Å². The van der Waals surface area contributed by atoms with Crippen molar-refractivity contribution in [3.05, 3.63) is 35.9 Å². The van der Waals surface area contributed by atoms with E-state index in [-0.39, 0.29) is 11.9 Å². The highest BCUT2D eigenvalue weighted by molar-refractivity contribution is 5.82. The van der Waals surface area contributed by atoms with Gasteiger partial charge in [-0.25, -0.2) is 0 Å². The van der Waals surface area contributed by atoms with Crippen LogP contribution in [-0.2, 0) is 11.2 Å². The summed E-state index contributed by atoms with van der Waals surface area (Å²) in [6, 6.07) is 10.1. The molecule has 0 aliphatic rings. The molecule has 0 spiro atoms. The molecule has 3 heteroatoms. The smallest absolute Gasteiger partial charge is 0.239 e. The minimum absolute atomic E-state index is 0.125. The van der Waals surface area contributed by atoms with Crippen molar-refractivity contribution in [3.63, 3.8) is 0 Å². The van der Waals surface area contributed by atoms with E-state index in [2.05, 4.69) is 31.3 Å². The average Bonchev–Trinajstić information content (AvgIpc) is 2.44. The van der Waals surface area contributed by atoms with Crippen LogP contribution >= 0.6 is 0 Å². The molecule has 0 saturated carbocycles. The van der Waals surface area contributed by atoms with E-state index in [0.717, 1.165) is 25.9 Å². The van der Waals surface area contributed by atoms with E-state index in [1.807, 2.05) is 37.1 Å². The Balaban J connectivity index is 2.62. The average molecular weight is 276 g/mol. The summed E-state index contributed by atoms with van der Waals surface area (Å²) in [5.41, 5.74) is 1.20. The lowest BCUT2D eigenvalue weighted by atomic mass is 10.0. The highest BCUT2D eigenvalue weighted by atomic mass is 16.2. The van der Waals surface area contributed by atoms with Crippen LogP contribution in [0.25, 0.3) is 0 Å². The summed E-state index contributed by atoms with van der Waals surface area (Å²) in [5.74, 6) is 0.813. The lowest BCUT2D eigenvalue weighted by Gasteiger charge is -2.25. The van der Waals surface area contributed by atoms with E-state index < -0.39 is 0 Å². The van der Waals surface area contributed by atoms with Gasteiger partial charge in [0.2, 0.25) is 5.91 Å². The Morgan fingerprint density at radius 3 is 2.45 bits per heavy atom. The van der Waals surface area contributed by atoms with E-state index >= 15 is 0 Å². The van der Waals surface area contributed by atoms with Crippen molar-refractivity contribution in [3.8, 4) is 0 Å². The van der Waals surface area contributed by atoms with Gasteiger partial charge in [0.25, 0.3) is 0 Å². The van der Waals surface area contributed by atoms with Gasteiger partial charge in [-0.05, 0) is 30.9 Å². The SMILES string of the molecule is CCNC(Cc1ccccc1)C(=O)N(C)CCC(C)C. The first-order valence-corrected chi connectivity index (χ1v) is 7.56. The molecule has 1 aromatic rings. The van der Waals surface area contributed by atoms with Crippen LogP contribution in [0.2, 0.25) is 0 Å². The number of rotatable bonds is 8. The molecule has 3 nitrogen and oxygen atoms in total. The molecule has 1 aromatic carbocycles. The molecule has 112 valence electrons. The first kappa shape index (κ1) is 16.7. The van der Waals surface area contributed by atoms with Gasteiger partial charge in [-0.2, -0.15) is 0 Å². The maximum absolute atomic E-state index is 12.5.